The Labute approximate surface area is 101 Å². The molecule has 2 aromatic rings. The quantitative estimate of drug-likeness (QED) is 0.821. The van der Waals surface area contributed by atoms with E-state index >= 15 is 0 Å². The number of alkyl halides is 1. The van der Waals surface area contributed by atoms with Gasteiger partial charge in [0.25, 0.3) is 0 Å². The number of rotatable bonds is 4. The van der Waals surface area contributed by atoms with Crippen LogP contribution in [0.25, 0.3) is 11.0 Å². The molecule has 1 N–H and O–H groups in total. The highest BCUT2D eigenvalue weighted by atomic mass is 35.5. The lowest BCUT2D eigenvalue weighted by Crippen LogP contribution is -2.29. The zero-order valence-electron chi connectivity index (χ0n) is 9.53. The summed E-state index contributed by atoms with van der Waals surface area (Å²) >= 11 is 6.40. The van der Waals surface area contributed by atoms with E-state index in [-0.39, 0.29) is 11.4 Å². The predicted octanol–water partition coefficient (Wildman–Crippen LogP) is 3.71. The van der Waals surface area contributed by atoms with Gasteiger partial charge in [-0.3, -0.25) is 0 Å². The van der Waals surface area contributed by atoms with Crippen LogP contribution in [0.4, 0.5) is 0 Å². The fourth-order valence-corrected chi connectivity index (χ4v) is 2.08. The van der Waals surface area contributed by atoms with Crippen LogP contribution in [-0.4, -0.2) is 12.6 Å². The molecule has 16 heavy (non-hydrogen) atoms. The molecular formula is C13H16ClNO. The van der Waals surface area contributed by atoms with E-state index in [1.807, 2.05) is 18.2 Å². The van der Waals surface area contributed by atoms with Gasteiger partial charge in [-0.1, -0.05) is 19.1 Å². The Morgan fingerprint density at radius 1 is 1.38 bits per heavy atom. The monoisotopic (exact) mass is 237 g/mol. The molecule has 0 spiro atoms. The van der Waals surface area contributed by atoms with Crippen LogP contribution >= 0.6 is 11.6 Å². The number of nitrogens with one attached hydrogen (secondary N) is 1. The van der Waals surface area contributed by atoms with Crippen LogP contribution in [0.5, 0.6) is 0 Å². The summed E-state index contributed by atoms with van der Waals surface area (Å²) in [6, 6.07) is 8.32. The summed E-state index contributed by atoms with van der Waals surface area (Å²) in [7, 11) is 0. The minimum Gasteiger partial charge on any atom is -0.464 e. The highest BCUT2D eigenvalue weighted by Gasteiger charge is 2.16. The fraction of sp³-hybridized carbons (Fsp3) is 0.385. The molecule has 0 amide bonds. The van der Waals surface area contributed by atoms with E-state index in [1.165, 1.54) is 0 Å². The molecule has 0 aliphatic heterocycles. The van der Waals surface area contributed by atoms with E-state index in [0.29, 0.717) is 0 Å². The normalized spacial score (nSPS) is 15.2. The van der Waals surface area contributed by atoms with Crippen LogP contribution in [0.3, 0.4) is 0 Å². The Hall–Kier alpha value is -0.990. The number of halogens is 1. The molecule has 3 heteroatoms. The molecule has 1 aromatic heterocycles. The van der Waals surface area contributed by atoms with Crippen LogP contribution in [0, 0.1) is 0 Å². The van der Waals surface area contributed by atoms with Gasteiger partial charge in [0.1, 0.15) is 5.58 Å². The van der Waals surface area contributed by atoms with Crippen LogP contribution < -0.4 is 5.32 Å². The van der Waals surface area contributed by atoms with Crippen molar-refractivity contribution in [2.45, 2.75) is 25.3 Å². The summed E-state index contributed by atoms with van der Waals surface area (Å²) in [5.74, 6) is 0. The Morgan fingerprint density at radius 2 is 2.19 bits per heavy atom. The lowest BCUT2D eigenvalue weighted by Gasteiger charge is -2.18. The van der Waals surface area contributed by atoms with Gasteiger partial charge >= 0.3 is 0 Å². The van der Waals surface area contributed by atoms with Crippen molar-refractivity contribution in [2.75, 3.05) is 6.54 Å². The summed E-state index contributed by atoms with van der Waals surface area (Å²) in [6.45, 7) is 5.09. The van der Waals surface area contributed by atoms with E-state index < -0.39 is 0 Å². The van der Waals surface area contributed by atoms with Crippen molar-refractivity contribution < 1.29 is 4.42 Å². The van der Waals surface area contributed by atoms with Gasteiger partial charge in [0.2, 0.25) is 0 Å². The Balaban J connectivity index is 2.24. The lowest BCUT2D eigenvalue weighted by atomic mass is 10.1. The molecule has 1 heterocycles. The predicted molar refractivity (Wildman–Crippen MR) is 67.9 cm³/mol. The van der Waals surface area contributed by atoms with Crippen molar-refractivity contribution in [3.63, 3.8) is 0 Å². The van der Waals surface area contributed by atoms with Crippen molar-refractivity contribution in [1.29, 1.82) is 0 Å². The second-order valence-electron chi connectivity index (χ2n) is 3.97. The Kier molecular flexibility index (Phi) is 3.52. The minimum atomic E-state index is -0.0329. The number of hydrogen-bond donors (Lipinski definition) is 1. The van der Waals surface area contributed by atoms with Crippen molar-refractivity contribution in [1.82, 2.24) is 5.32 Å². The molecule has 2 atom stereocenters. The number of benzene rings is 1. The van der Waals surface area contributed by atoms with Crippen molar-refractivity contribution in [2.24, 2.45) is 0 Å². The zero-order valence-corrected chi connectivity index (χ0v) is 10.3. The van der Waals surface area contributed by atoms with Gasteiger partial charge in [0.05, 0.1) is 11.6 Å². The van der Waals surface area contributed by atoms with Crippen LogP contribution in [-0.2, 0) is 0 Å². The molecule has 2 unspecified atom stereocenters. The molecule has 0 saturated heterocycles. The smallest absolute Gasteiger partial charge is 0.134 e. The largest absolute Gasteiger partial charge is 0.464 e. The van der Waals surface area contributed by atoms with E-state index in [4.69, 9.17) is 16.0 Å². The second-order valence-corrected chi connectivity index (χ2v) is 4.44. The molecule has 0 fully saturated rings. The molecule has 2 rings (SSSR count). The van der Waals surface area contributed by atoms with Crippen LogP contribution in [0.1, 0.15) is 24.8 Å². The number of furan rings is 1. The topological polar surface area (TPSA) is 25.2 Å². The molecule has 86 valence electrons. The molecule has 1 aromatic carbocycles. The summed E-state index contributed by atoms with van der Waals surface area (Å²) in [4.78, 5) is 0. The Morgan fingerprint density at radius 3 is 2.94 bits per heavy atom. The maximum Gasteiger partial charge on any atom is 0.134 e. The maximum absolute atomic E-state index is 6.40. The third kappa shape index (κ3) is 2.23. The summed E-state index contributed by atoms with van der Waals surface area (Å²) in [6.07, 6.45) is 1.70. The van der Waals surface area contributed by atoms with Crippen molar-refractivity contribution >= 4 is 22.6 Å². The van der Waals surface area contributed by atoms with Gasteiger partial charge in [-0.05, 0) is 31.2 Å². The third-order valence-corrected chi connectivity index (χ3v) is 3.39. The standard InChI is InChI=1S/C13H16ClNO/c1-3-15-9(2)13(14)11-5-4-10-6-7-16-12(10)8-11/h4-9,13,15H,3H2,1-2H3. The maximum atomic E-state index is 6.40. The SMILES string of the molecule is CCNC(C)C(Cl)c1ccc2ccoc2c1. The van der Waals surface area contributed by atoms with Crippen LogP contribution in [0.2, 0.25) is 0 Å². The number of likely N-dealkylation sites (N-methyl/N-ethyl adjacent to an activating group) is 1. The van der Waals surface area contributed by atoms with Gasteiger partial charge in [0, 0.05) is 11.4 Å². The molecule has 0 aliphatic carbocycles. The number of hydrogen-bond acceptors (Lipinski definition) is 2. The molecule has 0 saturated carbocycles. The summed E-state index contributed by atoms with van der Waals surface area (Å²) in [5, 5.41) is 4.40. The van der Waals surface area contributed by atoms with Crippen LogP contribution in [0.15, 0.2) is 34.9 Å². The van der Waals surface area contributed by atoms with Gasteiger partial charge in [-0.25, -0.2) is 0 Å². The first kappa shape index (κ1) is 11.5. The van der Waals surface area contributed by atoms with Gasteiger partial charge in [-0.2, -0.15) is 0 Å². The van der Waals surface area contributed by atoms with E-state index in [1.54, 1.807) is 6.26 Å². The fourth-order valence-electron chi connectivity index (χ4n) is 1.86. The highest BCUT2D eigenvalue weighted by molar-refractivity contribution is 6.21. The first-order chi connectivity index (χ1) is 7.72. The van der Waals surface area contributed by atoms with E-state index in [9.17, 15) is 0 Å². The van der Waals surface area contributed by atoms with Crippen molar-refractivity contribution in [3.05, 3.63) is 36.1 Å². The molecule has 0 bridgehead atoms. The molecule has 2 nitrogen and oxygen atoms in total. The van der Waals surface area contributed by atoms with Gasteiger partial charge < -0.3 is 9.73 Å². The number of fused-ring (bicyclic) bond motifs is 1. The van der Waals surface area contributed by atoms with E-state index in [0.717, 1.165) is 23.1 Å². The average Bonchev–Trinajstić information content (AvgIpc) is 2.75. The first-order valence-electron chi connectivity index (χ1n) is 5.57. The lowest BCUT2D eigenvalue weighted by molar-refractivity contribution is 0.551. The average molecular weight is 238 g/mol. The van der Waals surface area contributed by atoms with E-state index in [2.05, 4.69) is 25.2 Å². The first-order valence-corrected chi connectivity index (χ1v) is 6.00. The second kappa shape index (κ2) is 4.89. The van der Waals surface area contributed by atoms with Gasteiger partial charge in [-0.15, -0.1) is 11.6 Å². The molecule has 0 radical (unpaired) electrons. The van der Waals surface area contributed by atoms with Gasteiger partial charge in [0.15, 0.2) is 0 Å². The minimum absolute atomic E-state index is 0.0329. The Bertz CT molecular complexity index is 466. The molecular weight excluding hydrogens is 222 g/mol. The zero-order chi connectivity index (χ0) is 11.5. The van der Waals surface area contributed by atoms with Crippen molar-refractivity contribution in [3.8, 4) is 0 Å². The summed E-state index contributed by atoms with van der Waals surface area (Å²) in [5.41, 5.74) is 1.99. The third-order valence-electron chi connectivity index (χ3n) is 2.76. The summed E-state index contributed by atoms with van der Waals surface area (Å²) < 4.78 is 5.37. The highest BCUT2D eigenvalue weighted by Crippen LogP contribution is 2.27. The molecule has 0 aliphatic rings.